The van der Waals surface area contributed by atoms with E-state index in [1.807, 2.05) is 19.2 Å². The molecule has 0 bridgehead atoms. The van der Waals surface area contributed by atoms with Crippen molar-refractivity contribution in [3.8, 4) is 0 Å². The number of likely N-dealkylation sites (N-methyl/N-ethyl adjacent to an activating group) is 1. The van der Waals surface area contributed by atoms with E-state index in [2.05, 4.69) is 4.90 Å². The second-order valence-corrected chi connectivity index (χ2v) is 7.18. The van der Waals surface area contributed by atoms with Gasteiger partial charge in [-0.15, -0.1) is 0 Å². The lowest BCUT2D eigenvalue weighted by Gasteiger charge is -2.31. The molecular formula is C14H23N3O2S. The number of hydrogen-bond donors (Lipinski definition) is 1. The number of benzene rings is 1. The Morgan fingerprint density at radius 1 is 1.10 bits per heavy atom. The fraction of sp³-hybridized carbons (Fsp3) is 0.571. The van der Waals surface area contributed by atoms with E-state index < -0.39 is 10.0 Å². The van der Waals surface area contributed by atoms with Gasteiger partial charge in [0.1, 0.15) is 0 Å². The first kappa shape index (κ1) is 15.4. The molecule has 0 atom stereocenters. The Labute approximate surface area is 121 Å². The molecule has 0 amide bonds. The summed E-state index contributed by atoms with van der Waals surface area (Å²) >= 11 is 0. The van der Waals surface area contributed by atoms with Gasteiger partial charge in [-0.1, -0.05) is 12.1 Å². The van der Waals surface area contributed by atoms with Crippen LogP contribution in [0.2, 0.25) is 0 Å². The summed E-state index contributed by atoms with van der Waals surface area (Å²) in [4.78, 5) is 2.53. The van der Waals surface area contributed by atoms with Crippen LogP contribution in [0.4, 0.5) is 0 Å². The highest BCUT2D eigenvalue weighted by atomic mass is 32.2. The van der Waals surface area contributed by atoms with Crippen molar-refractivity contribution in [3.63, 3.8) is 0 Å². The van der Waals surface area contributed by atoms with Crippen LogP contribution in [0.15, 0.2) is 29.2 Å². The first-order chi connectivity index (χ1) is 9.54. The number of aryl methyl sites for hydroxylation is 1. The molecule has 0 unspecified atom stereocenters. The summed E-state index contributed by atoms with van der Waals surface area (Å²) in [5.74, 6) is 0. The predicted molar refractivity (Wildman–Crippen MR) is 80.1 cm³/mol. The van der Waals surface area contributed by atoms with E-state index in [0.717, 1.165) is 31.5 Å². The van der Waals surface area contributed by atoms with Gasteiger partial charge in [0, 0.05) is 26.2 Å². The lowest BCUT2D eigenvalue weighted by Crippen LogP contribution is -2.46. The molecule has 1 aromatic rings. The van der Waals surface area contributed by atoms with Crippen molar-refractivity contribution < 1.29 is 8.42 Å². The Morgan fingerprint density at radius 3 is 2.25 bits per heavy atom. The van der Waals surface area contributed by atoms with E-state index in [4.69, 9.17) is 5.73 Å². The van der Waals surface area contributed by atoms with Crippen LogP contribution in [-0.2, 0) is 16.4 Å². The number of rotatable bonds is 5. The van der Waals surface area contributed by atoms with Crippen molar-refractivity contribution >= 4 is 10.0 Å². The average Bonchev–Trinajstić information content (AvgIpc) is 2.46. The van der Waals surface area contributed by atoms with Gasteiger partial charge in [0.05, 0.1) is 4.90 Å². The van der Waals surface area contributed by atoms with Gasteiger partial charge in [0.25, 0.3) is 0 Å². The molecule has 6 heteroatoms. The van der Waals surface area contributed by atoms with Gasteiger partial charge in [-0.2, -0.15) is 4.31 Å². The van der Waals surface area contributed by atoms with Gasteiger partial charge in [0.2, 0.25) is 10.0 Å². The Hall–Kier alpha value is -0.950. The number of sulfonamides is 1. The Kier molecular flexibility index (Phi) is 5.15. The fourth-order valence-corrected chi connectivity index (χ4v) is 3.73. The summed E-state index contributed by atoms with van der Waals surface area (Å²) in [6.07, 6.45) is 1.82. The van der Waals surface area contributed by atoms with Crippen molar-refractivity contribution in [2.24, 2.45) is 5.73 Å². The lowest BCUT2D eigenvalue weighted by atomic mass is 10.1. The second kappa shape index (κ2) is 6.67. The van der Waals surface area contributed by atoms with Crippen molar-refractivity contribution in [3.05, 3.63) is 29.8 Å². The monoisotopic (exact) mass is 297 g/mol. The van der Waals surface area contributed by atoms with Crippen LogP contribution < -0.4 is 5.73 Å². The van der Waals surface area contributed by atoms with Gasteiger partial charge in [-0.25, -0.2) is 8.42 Å². The number of piperazine rings is 1. The smallest absolute Gasteiger partial charge is 0.243 e. The Morgan fingerprint density at radius 2 is 1.70 bits per heavy atom. The molecule has 0 saturated carbocycles. The third-order valence-electron chi connectivity index (χ3n) is 3.69. The van der Waals surface area contributed by atoms with Crippen LogP contribution >= 0.6 is 0 Å². The predicted octanol–water partition coefficient (Wildman–Crippen LogP) is 0.514. The number of nitrogens with zero attached hydrogens (tertiary/aromatic N) is 2. The molecule has 1 fully saturated rings. The van der Waals surface area contributed by atoms with E-state index in [-0.39, 0.29) is 0 Å². The molecule has 1 aliphatic rings. The van der Waals surface area contributed by atoms with E-state index in [1.54, 1.807) is 16.4 Å². The molecule has 20 heavy (non-hydrogen) atoms. The van der Waals surface area contributed by atoms with Gasteiger partial charge in [0.15, 0.2) is 0 Å². The highest BCUT2D eigenvalue weighted by Gasteiger charge is 2.27. The number of nitrogens with two attached hydrogens (primary N) is 1. The molecule has 0 aromatic heterocycles. The molecule has 0 spiro atoms. The quantitative estimate of drug-likeness (QED) is 0.860. The summed E-state index contributed by atoms with van der Waals surface area (Å²) in [6, 6.07) is 7.19. The van der Waals surface area contributed by atoms with E-state index >= 15 is 0 Å². The summed E-state index contributed by atoms with van der Waals surface area (Å²) in [5, 5.41) is 0. The summed E-state index contributed by atoms with van der Waals surface area (Å²) < 4.78 is 26.6. The maximum Gasteiger partial charge on any atom is 0.243 e. The zero-order valence-corrected chi connectivity index (χ0v) is 12.8. The third kappa shape index (κ3) is 3.58. The van der Waals surface area contributed by atoms with Crippen LogP contribution in [0.25, 0.3) is 0 Å². The topological polar surface area (TPSA) is 66.6 Å². The van der Waals surface area contributed by atoms with Crippen LogP contribution in [0.5, 0.6) is 0 Å². The molecule has 1 saturated heterocycles. The molecule has 1 heterocycles. The zero-order valence-electron chi connectivity index (χ0n) is 12.0. The summed E-state index contributed by atoms with van der Waals surface area (Å²) in [5.41, 5.74) is 6.61. The third-order valence-corrected chi connectivity index (χ3v) is 5.61. The van der Waals surface area contributed by atoms with Gasteiger partial charge in [-0.3, -0.25) is 0 Å². The van der Waals surface area contributed by atoms with E-state index in [1.165, 1.54) is 0 Å². The molecule has 1 aromatic carbocycles. The molecule has 1 aliphatic heterocycles. The molecule has 5 nitrogen and oxygen atoms in total. The minimum Gasteiger partial charge on any atom is -0.330 e. The lowest BCUT2D eigenvalue weighted by molar-refractivity contribution is 0.222. The minimum atomic E-state index is -3.34. The largest absolute Gasteiger partial charge is 0.330 e. The van der Waals surface area contributed by atoms with Gasteiger partial charge < -0.3 is 10.6 Å². The van der Waals surface area contributed by atoms with Crippen molar-refractivity contribution in [1.29, 1.82) is 0 Å². The van der Waals surface area contributed by atoms with Crippen molar-refractivity contribution in [2.75, 3.05) is 39.8 Å². The molecule has 0 aliphatic carbocycles. The van der Waals surface area contributed by atoms with Crippen molar-refractivity contribution in [1.82, 2.24) is 9.21 Å². The van der Waals surface area contributed by atoms with Crippen LogP contribution in [0.1, 0.15) is 12.0 Å². The molecular weight excluding hydrogens is 274 g/mol. The second-order valence-electron chi connectivity index (χ2n) is 5.24. The fourth-order valence-electron chi connectivity index (χ4n) is 2.31. The maximum atomic E-state index is 12.5. The van der Waals surface area contributed by atoms with Gasteiger partial charge >= 0.3 is 0 Å². The highest BCUT2D eigenvalue weighted by molar-refractivity contribution is 7.89. The molecule has 2 rings (SSSR count). The number of hydrogen-bond acceptors (Lipinski definition) is 4. The normalized spacial score (nSPS) is 18.3. The first-order valence-corrected chi connectivity index (χ1v) is 8.46. The summed E-state index contributed by atoms with van der Waals surface area (Å²) in [6.45, 7) is 3.35. The minimum absolute atomic E-state index is 0.388. The Balaban J connectivity index is 2.09. The van der Waals surface area contributed by atoms with E-state index in [0.29, 0.717) is 24.5 Å². The Bertz CT molecular complexity index is 520. The molecule has 2 N–H and O–H groups in total. The highest BCUT2D eigenvalue weighted by Crippen LogP contribution is 2.18. The standard InChI is InChI=1S/C14H23N3O2S/c1-16-9-11-17(12-10-16)20(18,19)14-6-4-13(5-7-14)3-2-8-15/h4-7H,2-3,8-12,15H2,1H3. The zero-order chi connectivity index (χ0) is 14.6. The van der Waals surface area contributed by atoms with Crippen LogP contribution in [-0.4, -0.2) is 57.4 Å². The first-order valence-electron chi connectivity index (χ1n) is 7.02. The summed E-state index contributed by atoms with van der Waals surface area (Å²) in [7, 11) is -1.33. The van der Waals surface area contributed by atoms with Crippen LogP contribution in [0, 0.1) is 0 Å². The maximum absolute atomic E-state index is 12.5. The van der Waals surface area contributed by atoms with Crippen molar-refractivity contribution in [2.45, 2.75) is 17.7 Å². The molecule has 112 valence electrons. The average molecular weight is 297 g/mol. The van der Waals surface area contributed by atoms with E-state index in [9.17, 15) is 8.42 Å². The van der Waals surface area contributed by atoms with Gasteiger partial charge in [-0.05, 0) is 44.1 Å². The van der Waals surface area contributed by atoms with Crippen LogP contribution in [0.3, 0.4) is 0 Å². The SMILES string of the molecule is CN1CCN(S(=O)(=O)c2ccc(CCCN)cc2)CC1. The molecule has 0 radical (unpaired) electrons.